The molecule has 0 fully saturated rings. The van der Waals surface area contributed by atoms with Crippen LogP contribution in [-0.4, -0.2) is 10.8 Å². The van der Waals surface area contributed by atoms with Crippen molar-refractivity contribution in [3.8, 4) is 6.07 Å². The predicted octanol–water partition coefficient (Wildman–Crippen LogP) is 3.87. The molecule has 3 nitrogen and oxygen atoms in total. The number of carbonyl (C=O) groups is 1. The van der Waals surface area contributed by atoms with Crippen molar-refractivity contribution in [2.45, 2.75) is 19.3 Å². The molecule has 1 aliphatic heterocycles. The summed E-state index contributed by atoms with van der Waals surface area (Å²) in [7, 11) is 0. The molecule has 2 aromatic carbocycles. The molecule has 0 N–H and O–H groups in total. The standard InChI is InChI=1S/C17H10F4N2O/c18-14-5-11(7-22)15-12(6-14)9-23(16(15)24)8-10-1-3-13(4-2-10)17(19,20)21/h1-6H,8-9H2. The summed E-state index contributed by atoms with van der Waals surface area (Å²) in [6.07, 6.45) is -4.42. The Bertz CT molecular complexity index is 851. The Labute approximate surface area is 134 Å². The lowest BCUT2D eigenvalue weighted by Crippen LogP contribution is -2.23. The molecule has 0 saturated heterocycles. The highest BCUT2D eigenvalue weighted by Gasteiger charge is 2.32. The van der Waals surface area contributed by atoms with Gasteiger partial charge in [0.1, 0.15) is 11.9 Å². The van der Waals surface area contributed by atoms with Gasteiger partial charge in [0.2, 0.25) is 0 Å². The molecule has 0 radical (unpaired) electrons. The summed E-state index contributed by atoms with van der Waals surface area (Å²) in [5.41, 5.74) is 0.276. The first-order valence-corrected chi connectivity index (χ1v) is 6.97. The van der Waals surface area contributed by atoms with Crippen molar-refractivity contribution in [3.05, 3.63) is 70.0 Å². The molecule has 0 saturated carbocycles. The van der Waals surface area contributed by atoms with Crippen LogP contribution in [0.15, 0.2) is 36.4 Å². The van der Waals surface area contributed by atoms with Crippen molar-refractivity contribution in [2.24, 2.45) is 0 Å². The van der Waals surface area contributed by atoms with E-state index < -0.39 is 23.5 Å². The highest BCUT2D eigenvalue weighted by molar-refractivity contribution is 6.00. The lowest BCUT2D eigenvalue weighted by Gasteiger charge is -2.16. The Morgan fingerprint density at radius 2 is 1.83 bits per heavy atom. The van der Waals surface area contributed by atoms with Crippen LogP contribution in [0.25, 0.3) is 0 Å². The molecule has 7 heteroatoms. The van der Waals surface area contributed by atoms with E-state index in [-0.39, 0.29) is 24.2 Å². The molecular weight excluding hydrogens is 324 g/mol. The van der Waals surface area contributed by atoms with E-state index in [0.717, 1.165) is 18.2 Å². The number of hydrogen-bond donors (Lipinski definition) is 0. The molecule has 0 unspecified atom stereocenters. The molecule has 0 spiro atoms. The molecule has 2 aromatic rings. The summed E-state index contributed by atoms with van der Waals surface area (Å²) in [6, 6.07) is 8.48. The highest BCUT2D eigenvalue weighted by atomic mass is 19.4. The van der Waals surface area contributed by atoms with Crippen LogP contribution in [0.5, 0.6) is 0 Å². The van der Waals surface area contributed by atoms with Gasteiger partial charge in [0.05, 0.1) is 16.7 Å². The van der Waals surface area contributed by atoms with E-state index >= 15 is 0 Å². The summed E-state index contributed by atoms with van der Waals surface area (Å²) < 4.78 is 51.1. The largest absolute Gasteiger partial charge is 0.416 e. The number of fused-ring (bicyclic) bond motifs is 1. The van der Waals surface area contributed by atoms with Crippen LogP contribution >= 0.6 is 0 Å². The highest BCUT2D eigenvalue weighted by Crippen LogP contribution is 2.31. The molecule has 1 amide bonds. The monoisotopic (exact) mass is 334 g/mol. The van der Waals surface area contributed by atoms with E-state index in [9.17, 15) is 22.4 Å². The summed E-state index contributed by atoms with van der Waals surface area (Å²) in [4.78, 5) is 13.8. The third-order valence-electron chi connectivity index (χ3n) is 3.82. The Hall–Kier alpha value is -2.88. The molecule has 122 valence electrons. The molecule has 0 atom stereocenters. The lowest BCUT2D eigenvalue weighted by molar-refractivity contribution is -0.137. The van der Waals surface area contributed by atoms with Crippen LogP contribution in [0, 0.1) is 17.1 Å². The van der Waals surface area contributed by atoms with E-state index in [1.165, 1.54) is 23.1 Å². The smallest absolute Gasteiger partial charge is 0.330 e. The van der Waals surface area contributed by atoms with Gasteiger partial charge in [-0.2, -0.15) is 18.4 Å². The number of benzene rings is 2. The minimum Gasteiger partial charge on any atom is -0.330 e. The summed E-state index contributed by atoms with van der Waals surface area (Å²) in [5, 5.41) is 9.03. The first-order chi connectivity index (χ1) is 11.3. The number of alkyl halides is 3. The van der Waals surface area contributed by atoms with Crippen molar-refractivity contribution in [2.75, 3.05) is 0 Å². The fraction of sp³-hybridized carbons (Fsp3) is 0.176. The maximum absolute atomic E-state index is 13.5. The summed E-state index contributed by atoms with van der Waals surface area (Å²) in [6.45, 7) is 0.194. The number of carbonyl (C=O) groups excluding carboxylic acids is 1. The van der Waals surface area contributed by atoms with Gasteiger partial charge in [-0.05, 0) is 35.4 Å². The van der Waals surface area contributed by atoms with Gasteiger partial charge >= 0.3 is 6.18 Å². The lowest BCUT2D eigenvalue weighted by atomic mass is 10.0. The molecule has 24 heavy (non-hydrogen) atoms. The van der Waals surface area contributed by atoms with E-state index in [1.54, 1.807) is 6.07 Å². The van der Waals surface area contributed by atoms with Crippen LogP contribution in [0.1, 0.15) is 32.6 Å². The Morgan fingerprint density at radius 3 is 2.42 bits per heavy atom. The molecule has 0 aliphatic carbocycles. The zero-order valence-electron chi connectivity index (χ0n) is 12.2. The number of amides is 1. The Kier molecular flexibility index (Phi) is 3.76. The van der Waals surface area contributed by atoms with Crippen molar-refractivity contribution >= 4 is 5.91 Å². The van der Waals surface area contributed by atoms with Gasteiger partial charge in [-0.1, -0.05) is 12.1 Å². The van der Waals surface area contributed by atoms with Crippen LogP contribution in [0.2, 0.25) is 0 Å². The van der Waals surface area contributed by atoms with Crippen molar-refractivity contribution in [1.82, 2.24) is 4.90 Å². The average molecular weight is 334 g/mol. The first-order valence-electron chi connectivity index (χ1n) is 6.97. The van der Waals surface area contributed by atoms with Crippen molar-refractivity contribution in [3.63, 3.8) is 0 Å². The normalized spacial score (nSPS) is 13.8. The van der Waals surface area contributed by atoms with E-state index in [2.05, 4.69) is 0 Å². The molecule has 0 aromatic heterocycles. The fourth-order valence-electron chi connectivity index (χ4n) is 2.71. The van der Waals surface area contributed by atoms with E-state index in [1.807, 2.05) is 0 Å². The predicted molar refractivity (Wildman–Crippen MR) is 76.1 cm³/mol. The Balaban J connectivity index is 1.83. The molecule has 1 aliphatic rings. The zero-order chi connectivity index (χ0) is 17.5. The fourth-order valence-corrected chi connectivity index (χ4v) is 2.71. The van der Waals surface area contributed by atoms with Gasteiger partial charge < -0.3 is 4.90 Å². The van der Waals surface area contributed by atoms with Crippen LogP contribution in [0.4, 0.5) is 17.6 Å². The van der Waals surface area contributed by atoms with Crippen LogP contribution in [-0.2, 0) is 19.3 Å². The molecular formula is C17H10F4N2O. The second-order valence-electron chi connectivity index (χ2n) is 5.46. The maximum atomic E-state index is 13.5. The summed E-state index contributed by atoms with van der Waals surface area (Å²) in [5.74, 6) is -1.03. The maximum Gasteiger partial charge on any atom is 0.416 e. The average Bonchev–Trinajstić information content (AvgIpc) is 2.82. The zero-order valence-corrected chi connectivity index (χ0v) is 12.2. The first kappa shape index (κ1) is 16.0. The molecule has 1 heterocycles. The SMILES string of the molecule is N#Cc1cc(F)cc2c1C(=O)N(Cc1ccc(C(F)(F)F)cc1)C2. The van der Waals surface area contributed by atoms with E-state index in [0.29, 0.717) is 11.1 Å². The van der Waals surface area contributed by atoms with Gasteiger partial charge in [0, 0.05) is 13.1 Å². The van der Waals surface area contributed by atoms with Crippen LogP contribution in [0.3, 0.4) is 0 Å². The van der Waals surface area contributed by atoms with Gasteiger partial charge in [-0.25, -0.2) is 4.39 Å². The van der Waals surface area contributed by atoms with Gasteiger partial charge in [0.15, 0.2) is 0 Å². The van der Waals surface area contributed by atoms with Crippen LogP contribution < -0.4 is 0 Å². The summed E-state index contributed by atoms with van der Waals surface area (Å²) >= 11 is 0. The van der Waals surface area contributed by atoms with Crippen molar-refractivity contribution < 1.29 is 22.4 Å². The van der Waals surface area contributed by atoms with Gasteiger partial charge in [-0.15, -0.1) is 0 Å². The second-order valence-corrected chi connectivity index (χ2v) is 5.46. The number of hydrogen-bond acceptors (Lipinski definition) is 2. The quantitative estimate of drug-likeness (QED) is 0.783. The minimum absolute atomic E-state index is 0.0371. The van der Waals surface area contributed by atoms with Gasteiger partial charge in [-0.3, -0.25) is 4.79 Å². The Morgan fingerprint density at radius 1 is 1.17 bits per heavy atom. The molecule has 0 bridgehead atoms. The number of halogens is 4. The number of nitriles is 1. The number of rotatable bonds is 2. The second kappa shape index (κ2) is 5.64. The topological polar surface area (TPSA) is 44.1 Å². The molecule has 3 rings (SSSR count). The van der Waals surface area contributed by atoms with Crippen molar-refractivity contribution in [1.29, 1.82) is 5.26 Å². The van der Waals surface area contributed by atoms with E-state index in [4.69, 9.17) is 5.26 Å². The minimum atomic E-state index is -4.42. The third kappa shape index (κ3) is 2.83. The van der Waals surface area contributed by atoms with Gasteiger partial charge in [0.25, 0.3) is 5.91 Å². The number of nitrogens with zero attached hydrogens (tertiary/aromatic N) is 2. The third-order valence-corrected chi connectivity index (χ3v) is 3.82.